The second-order valence-corrected chi connectivity index (χ2v) is 9.48. The van der Waals surface area contributed by atoms with Crippen LogP contribution >= 0.6 is 0 Å². The van der Waals surface area contributed by atoms with Crippen molar-refractivity contribution in [1.82, 2.24) is 14.7 Å². The average molecular weight is 402 g/mol. The molecule has 2 amide bonds. The Morgan fingerprint density at radius 1 is 1.17 bits per heavy atom. The molecule has 0 radical (unpaired) electrons. The molecule has 0 saturated carbocycles. The van der Waals surface area contributed by atoms with E-state index in [0.717, 1.165) is 6.54 Å². The molecule has 0 aliphatic carbocycles. The minimum absolute atomic E-state index is 0.00842. The van der Waals surface area contributed by atoms with E-state index in [4.69, 9.17) is 9.47 Å². The largest absolute Gasteiger partial charge is 0.497 e. The van der Waals surface area contributed by atoms with Gasteiger partial charge in [0.2, 0.25) is 5.91 Å². The molecule has 1 spiro atoms. The van der Waals surface area contributed by atoms with Crippen molar-refractivity contribution in [1.29, 1.82) is 0 Å². The predicted molar refractivity (Wildman–Crippen MR) is 109 cm³/mol. The van der Waals surface area contributed by atoms with E-state index in [1.165, 1.54) is 0 Å². The van der Waals surface area contributed by atoms with E-state index in [9.17, 15) is 9.59 Å². The Morgan fingerprint density at radius 3 is 2.59 bits per heavy atom. The van der Waals surface area contributed by atoms with Gasteiger partial charge in [0.1, 0.15) is 5.75 Å². The van der Waals surface area contributed by atoms with Gasteiger partial charge in [-0.1, -0.05) is 26.8 Å². The van der Waals surface area contributed by atoms with Crippen LogP contribution in [0.4, 0.5) is 0 Å². The number of carbonyl (C=O) groups excluding carboxylic acids is 2. The van der Waals surface area contributed by atoms with Gasteiger partial charge < -0.3 is 19.3 Å². The fourth-order valence-electron chi connectivity index (χ4n) is 4.85. The molecule has 4 rings (SSSR count). The molecule has 3 heterocycles. The number of methoxy groups -OCH3 is 1. The van der Waals surface area contributed by atoms with Crippen molar-refractivity contribution < 1.29 is 19.1 Å². The molecule has 1 aromatic carbocycles. The van der Waals surface area contributed by atoms with E-state index in [1.54, 1.807) is 13.2 Å². The second-order valence-electron chi connectivity index (χ2n) is 9.48. The molecule has 3 fully saturated rings. The van der Waals surface area contributed by atoms with Crippen molar-refractivity contribution in [2.24, 2.45) is 5.41 Å². The van der Waals surface area contributed by atoms with Gasteiger partial charge in [0.15, 0.2) is 0 Å². The molecule has 0 N–H and O–H groups in total. The number of benzene rings is 1. The zero-order valence-corrected chi connectivity index (χ0v) is 17.8. The number of nitrogens with zero attached hydrogens (tertiary/aromatic N) is 3. The van der Waals surface area contributed by atoms with Crippen LogP contribution in [0.25, 0.3) is 0 Å². The van der Waals surface area contributed by atoms with Crippen molar-refractivity contribution in [3.63, 3.8) is 0 Å². The summed E-state index contributed by atoms with van der Waals surface area (Å²) in [6.07, 6.45) is 0. The Bertz CT molecular complexity index is 797. The first-order valence-electron chi connectivity index (χ1n) is 10.3. The molecule has 3 aliphatic heterocycles. The number of amides is 2. The van der Waals surface area contributed by atoms with Crippen molar-refractivity contribution in [3.8, 4) is 5.75 Å². The van der Waals surface area contributed by atoms with Crippen molar-refractivity contribution in [3.05, 3.63) is 29.8 Å². The molecule has 3 aliphatic rings. The van der Waals surface area contributed by atoms with Crippen LogP contribution in [0, 0.1) is 5.41 Å². The molecule has 0 aromatic heterocycles. The highest BCUT2D eigenvalue weighted by molar-refractivity contribution is 5.95. The summed E-state index contributed by atoms with van der Waals surface area (Å²) in [7, 11) is 1.60. The lowest BCUT2D eigenvalue weighted by molar-refractivity contribution is -0.178. The van der Waals surface area contributed by atoms with E-state index in [0.29, 0.717) is 50.7 Å². The monoisotopic (exact) mass is 401 g/mol. The van der Waals surface area contributed by atoms with Crippen LogP contribution in [0.5, 0.6) is 5.75 Å². The van der Waals surface area contributed by atoms with Gasteiger partial charge in [-0.2, -0.15) is 0 Å². The van der Waals surface area contributed by atoms with Crippen LogP contribution in [0.3, 0.4) is 0 Å². The van der Waals surface area contributed by atoms with Gasteiger partial charge in [0.25, 0.3) is 5.91 Å². The fraction of sp³-hybridized carbons (Fsp3) is 0.636. The lowest BCUT2D eigenvalue weighted by Gasteiger charge is -2.63. The summed E-state index contributed by atoms with van der Waals surface area (Å²) >= 11 is 0. The third kappa shape index (κ3) is 3.62. The molecule has 158 valence electrons. The van der Waals surface area contributed by atoms with Crippen LogP contribution in [-0.2, 0) is 9.53 Å². The first kappa shape index (κ1) is 20.2. The first-order valence-corrected chi connectivity index (χ1v) is 10.3. The Morgan fingerprint density at radius 2 is 1.90 bits per heavy atom. The quantitative estimate of drug-likeness (QED) is 0.751. The SMILES string of the molecule is COc1cccc(C(=O)N2C[C@@H]3COCCN3C3(C2)CN(C(=O)C(C)(C)C)C3)c1. The Hall–Kier alpha value is -2.12. The highest BCUT2D eigenvalue weighted by Gasteiger charge is 2.56. The molecule has 1 atom stereocenters. The Kier molecular flexibility index (Phi) is 5.07. The summed E-state index contributed by atoms with van der Waals surface area (Å²) in [5.41, 5.74) is 0.0606. The van der Waals surface area contributed by atoms with Gasteiger partial charge in [-0.25, -0.2) is 0 Å². The first-order chi connectivity index (χ1) is 13.7. The van der Waals surface area contributed by atoms with Crippen LogP contribution in [0.2, 0.25) is 0 Å². The number of piperazine rings is 1. The van der Waals surface area contributed by atoms with Crippen LogP contribution in [0.1, 0.15) is 31.1 Å². The summed E-state index contributed by atoms with van der Waals surface area (Å²) in [6.45, 7) is 10.7. The van der Waals surface area contributed by atoms with Crippen LogP contribution in [-0.4, -0.2) is 91.1 Å². The average Bonchev–Trinajstić information content (AvgIpc) is 2.69. The Balaban J connectivity index is 1.55. The smallest absolute Gasteiger partial charge is 0.254 e. The molecule has 3 saturated heterocycles. The van der Waals surface area contributed by atoms with Gasteiger partial charge in [0, 0.05) is 43.7 Å². The maximum absolute atomic E-state index is 13.3. The van der Waals surface area contributed by atoms with Gasteiger partial charge in [-0.3, -0.25) is 14.5 Å². The third-order valence-corrected chi connectivity index (χ3v) is 6.26. The molecule has 1 aromatic rings. The number of hydrogen-bond donors (Lipinski definition) is 0. The van der Waals surface area contributed by atoms with E-state index in [1.807, 2.05) is 48.8 Å². The van der Waals surface area contributed by atoms with E-state index in [-0.39, 0.29) is 23.4 Å². The van der Waals surface area contributed by atoms with Crippen molar-refractivity contribution in [2.45, 2.75) is 32.4 Å². The minimum atomic E-state index is -0.392. The highest BCUT2D eigenvalue weighted by atomic mass is 16.5. The summed E-state index contributed by atoms with van der Waals surface area (Å²) in [6, 6.07) is 7.47. The molecule has 29 heavy (non-hydrogen) atoms. The van der Waals surface area contributed by atoms with Gasteiger partial charge >= 0.3 is 0 Å². The zero-order valence-electron chi connectivity index (χ0n) is 17.8. The number of ether oxygens (including phenoxy) is 2. The van der Waals surface area contributed by atoms with Crippen molar-refractivity contribution in [2.75, 3.05) is 53.0 Å². The number of fused-ring (bicyclic) bond motifs is 2. The summed E-state index contributed by atoms with van der Waals surface area (Å²) < 4.78 is 11.0. The zero-order chi connectivity index (χ0) is 20.8. The lowest BCUT2D eigenvalue weighted by Crippen LogP contribution is -2.81. The van der Waals surface area contributed by atoms with E-state index >= 15 is 0 Å². The Labute approximate surface area is 172 Å². The van der Waals surface area contributed by atoms with E-state index < -0.39 is 5.41 Å². The fourth-order valence-corrected chi connectivity index (χ4v) is 4.85. The topological polar surface area (TPSA) is 62.3 Å². The molecule has 0 unspecified atom stereocenters. The number of carbonyl (C=O) groups is 2. The maximum atomic E-state index is 13.3. The molecule has 0 bridgehead atoms. The van der Waals surface area contributed by atoms with E-state index in [2.05, 4.69) is 4.90 Å². The minimum Gasteiger partial charge on any atom is -0.497 e. The third-order valence-electron chi connectivity index (χ3n) is 6.26. The number of rotatable bonds is 2. The molecular formula is C22H31N3O4. The molecule has 7 heteroatoms. The molecule has 7 nitrogen and oxygen atoms in total. The molecular weight excluding hydrogens is 370 g/mol. The standard InChI is InChI=1S/C22H31N3O4/c1-21(2,3)20(27)24-14-22(15-24)13-23(11-17-12-29-9-8-25(17)22)19(26)16-6-5-7-18(10-16)28-4/h5-7,10,17H,8-9,11-15H2,1-4H3/t17-/m1/s1. The van der Waals surface area contributed by atoms with Crippen LogP contribution < -0.4 is 4.74 Å². The predicted octanol–water partition coefficient (Wildman–Crippen LogP) is 1.48. The lowest BCUT2D eigenvalue weighted by atomic mass is 9.80. The number of hydrogen-bond acceptors (Lipinski definition) is 5. The van der Waals surface area contributed by atoms with Crippen LogP contribution in [0.15, 0.2) is 24.3 Å². The van der Waals surface area contributed by atoms with Gasteiger partial charge in [-0.15, -0.1) is 0 Å². The second kappa shape index (κ2) is 7.29. The highest BCUT2D eigenvalue weighted by Crippen LogP contribution is 2.38. The van der Waals surface area contributed by atoms with Gasteiger partial charge in [-0.05, 0) is 18.2 Å². The number of morpholine rings is 1. The summed E-state index contributed by atoms with van der Waals surface area (Å²) in [5, 5.41) is 0. The summed E-state index contributed by atoms with van der Waals surface area (Å²) in [4.78, 5) is 32.4. The normalized spacial score (nSPS) is 24.1. The summed E-state index contributed by atoms with van der Waals surface area (Å²) in [5.74, 6) is 0.856. The van der Waals surface area contributed by atoms with Gasteiger partial charge in [0.05, 0.1) is 31.9 Å². The number of likely N-dealkylation sites (tertiary alicyclic amines) is 1. The maximum Gasteiger partial charge on any atom is 0.254 e. The van der Waals surface area contributed by atoms with Crippen molar-refractivity contribution >= 4 is 11.8 Å².